The van der Waals surface area contributed by atoms with Crippen LogP contribution in [-0.2, 0) is 0 Å². The lowest BCUT2D eigenvalue weighted by Crippen LogP contribution is -2.15. The quantitative estimate of drug-likeness (QED) is 0.123. The second-order valence-electron chi connectivity index (χ2n) is 14.7. The molecule has 4 aromatic carbocycles. The highest BCUT2D eigenvalue weighted by Gasteiger charge is 2.09. The summed E-state index contributed by atoms with van der Waals surface area (Å²) in [6.07, 6.45) is 36.5. The molecule has 0 spiro atoms. The van der Waals surface area contributed by atoms with Crippen LogP contribution in [0.1, 0.15) is 18.4 Å². The molecular formula is C52H48N6. The van der Waals surface area contributed by atoms with Crippen molar-refractivity contribution >= 4 is 51.2 Å². The van der Waals surface area contributed by atoms with Gasteiger partial charge in [0, 0.05) is 59.7 Å². The van der Waals surface area contributed by atoms with Gasteiger partial charge in [-0.05, 0) is 138 Å². The lowest BCUT2D eigenvalue weighted by Gasteiger charge is -2.17. The summed E-state index contributed by atoms with van der Waals surface area (Å²) in [5.74, 6) is 0. The topological polar surface area (TPSA) is 72.8 Å². The molecule has 0 bridgehead atoms. The molecule has 6 nitrogen and oxygen atoms in total. The van der Waals surface area contributed by atoms with Gasteiger partial charge >= 0.3 is 0 Å². The molecule has 0 heterocycles. The van der Waals surface area contributed by atoms with E-state index >= 15 is 0 Å². The molecule has 0 radical (unpaired) electrons. The van der Waals surface area contributed by atoms with Gasteiger partial charge < -0.3 is 21.3 Å². The van der Waals surface area contributed by atoms with Crippen LogP contribution in [0.25, 0.3) is 0 Å². The smallest absolute Gasteiger partial charge is 0.0635 e. The first-order chi connectivity index (χ1) is 28.5. The van der Waals surface area contributed by atoms with E-state index in [0.29, 0.717) is 0 Å². The molecule has 8 rings (SSSR count). The first-order valence-corrected chi connectivity index (χ1v) is 19.9. The predicted octanol–water partition coefficient (Wildman–Crippen LogP) is 12.8. The molecule has 0 atom stereocenters. The molecule has 4 N–H and O–H groups in total. The van der Waals surface area contributed by atoms with Crippen LogP contribution in [-0.4, -0.2) is 30.6 Å². The molecule has 0 saturated carbocycles. The van der Waals surface area contributed by atoms with Crippen LogP contribution in [0.5, 0.6) is 0 Å². The van der Waals surface area contributed by atoms with E-state index in [9.17, 15) is 0 Å². The van der Waals surface area contributed by atoms with Gasteiger partial charge in [0.1, 0.15) is 0 Å². The molecule has 0 fully saturated rings. The Bertz CT molecular complexity index is 2450. The molecule has 4 aliphatic rings. The van der Waals surface area contributed by atoms with Crippen LogP contribution in [0.4, 0.5) is 39.8 Å². The average molecular weight is 757 g/mol. The maximum Gasteiger partial charge on any atom is 0.0635 e. The Hall–Kier alpha value is -7.18. The number of aliphatic imine (C=N–C) groups is 2. The van der Waals surface area contributed by atoms with Crippen molar-refractivity contribution in [2.24, 2.45) is 9.98 Å². The van der Waals surface area contributed by atoms with Gasteiger partial charge in [-0.1, -0.05) is 90.6 Å². The van der Waals surface area contributed by atoms with Gasteiger partial charge in [0.05, 0.1) is 23.5 Å². The summed E-state index contributed by atoms with van der Waals surface area (Å²) in [4.78, 5) is 9.67. The molecule has 58 heavy (non-hydrogen) atoms. The largest absolute Gasteiger partial charge is 0.388 e. The third-order valence-electron chi connectivity index (χ3n) is 10.1. The standard InChI is InChI=1S/C52H48N6/c1-37-3-13-43(14-4-37)54-44-15-5-38(6-16-44)35-40-9-19-46(20-10-40)56-49-27-31-51(32-28-49)58-52-33-29-50(30-34-52)57-47-21-11-41(12-22-47)36-39-7-17-45(18-8-39)55-48-25-23-42(53-2)24-26-48/h3-17,19,21-36,44,47,53-54,57-58H,18,20H2,1-2H3. The zero-order chi connectivity index (χ0) is 39.5. The van der Waals surface area contributed by atoms with Gasteiger partial charge in [0.15, 0.2) is 0 Å². The summed E-state index contributed by atoms with van der Waals surface area (Å²) < 4.78 is 0. The van der Waals surface area contributed by atoms with E-state index in [2.05, 4.69) is 198 Å². The lowest BCUT2D eigenvalue weighted by molar-refractivity contribution is 1.09. The zero-order valence-electron chi connectivity index (χ0n) is 32.9. The first-order valence-electron chi connectivity index (χ1n) is 19.9. The Morgan fingerprint density at radius 2 is 0.862 bits per heavy atom. The normalized spacial score (nSPS) is 19.6. The third-order valence-corrected chi connectivity index (χ3v) is 10.1. The number of nitrogens with zero attached hydrogens (tertiary/aromatic N) is 2. The molecule has 0 unspecified atom stereocenters. The average Bonchev–Trinajstić information content (AvgIpc) is 3.26. The monoisotopic (exact) mass is 756 g/mol. The lowest BCUT2D eigenvalue weighted by atomic mass is 9.99. The molecular weight excluding hydrogens is 709 g/mol. The Morgan fingerprint density at radius 1 is 0.466 bits per heavy atom. The molecule has 0 amide bonds. The van der Waals surface area contributed by atoms with Crippen LogP contribution in [0.3, 0.4) is 0 Å². The van der Waals surface area contributed by atoms with Crippen molar-refractivity contribution in [2.75, 3.05) is 28.3 Å². The van der Waals surface area contributed by atoms with Gasteiger partial charge in [-0.2, -0.15) is 0 Å². The van der Waals surface area contributed by atoms with Crippen molar-refractivity contribution in [2.45, 2.75) is 31.8 Å². The van der Waals surface area contributed by atoms with Gasteiger partial charge in [-0.15, -0.1) is 0 Å². The van der Waals surface area contributed by atoms with Crippen LogP contribution in [0.15, 0.2) is 227 Å². The summed E-state index contributed by atoms with van der Waals surface area (Å²) in [6, 6.07) is 33.6. The number of nitrogens with one attached hydrogen (secondary N) is 4. The minimum atomic E-state index is 0.124. The number of benzene rings is 4. The SMILES string of the molecule is CNc1ccc(N=C2C=CC(C=C3C=CC(Nc4ccc(Nc5ccc(N=C6C=CC(C=C7C=CC(Nc8ccc(C)cc8)C=C7)=CC6)cc5)cc4)C=C3)=CC2)cc1. The van der Waals surface area contributed by atoms with Gasteiger partial charge in [-0.25, -0.2) is 0 Å². The highest BCUT2D eigenvalue weighted by molar-refractivity contribution is 6.00. The van der Waals surface area contributed by atoms with E-state index in [0.717, 1.165) is 64.1 Å². The third kappa shape index (κ3) is 10.6. The Labute approximate surface area is 342 Å². The van der Waals surface area contributed by atoms with E-state index in [4.69, 9.17) is 9.98 Å². The number of rotatable bonds is 11. The molecule has 286 valence electrons. The van der Waals surface area contributed by atoms with Crippen molar-refractivity contribution in [3.8, 4) is 0 Å². The minimum Gasteiger partial charge on any atom is -0.388 e. The van der Waals surface area contributed by atoms with Crippen molar-refractivity contribution in [1.82, 2.24) is 0 Å². The fraction of sp³-hybridized carbons (Fsp3) is 0.115. The molecule has 0 aromatic heterocycles. The number of hydrogen-bond donors (Lipinski definition) is 4. The van der Waals surface area contributed by atoms with Gasteiger partial charge in [0.2, 0.25) is 0 Å². The Kier molecular flexibility index (Phi) is 11.8. The van der Waals surface area contributed by atoms with Crippen LogP contribution >= 0.6 is 0 Å². The number of aryl methyl sites for hydroxylation is 1. The molecule has 4 aliphatic carbocycles. The van der Waals surface area contributed by atoms with Crippen LogP contribution in [0.2, 0.25) is 0 Å². The van der Waals surface area contributed by atoms with E-state index in [1.54, 1.807) is 0 Å². The maximum atomic E-state index is 4.89. The van der Waals surface area contributed by atoms with Crippen LogP contribution in [0, 0.1) is 6.92 Å². The van der Waals surface area contributed by atoms with Gasteiger partial charge in [0.25, 0.3) is 0 Å². The molecule has 6 heteroatoms. The second kappa shape index (κ2) is 18.2. The van der Waals surface area contributed by atoms with Crippen molar-refractivity contribution in [3.05, 3.63) is 222 Å². The van der Waals surface area contributed by atoms with Crippen molar-refractivity contribution in [1.29, 1.82) is 0 Å². The summed E-state index contributed by atoms with van der Waals surface area (Å²) in [6.45, 7) is 2.11. The Morgan fingerprint density at radius 3 is 1.28 bits per heavy atom. The predicted molar refractivity (Wildman–Crippen MR) is 249 cm³/mol. The number of anilines is 5. The van der Waals surface area contributed by atoms with Crippen molar-refractivity contribution < 1.29 is 0 Å². The summed E-state index contributed by atoms with van der Waals surface area (Å²) in [5.41, 5.74) is 15.4. The second-order valence-corrected chi connectivity index (χ2v) is 14.7. The molecule has 0 aliphatic heterocycles. The van der Waals surface area contributed by atoms with Crippen LogP contribution < -0.4 is 21.3 Å². The van der Waals surface area contributed by atoms with Gasteiger partial charge in [-0.3, -0.25) is 9.98 Å². The van der Waals surface area contributed by atoms with E-state index in [-0.39, 0.29) is 12.1 Å². The Balaban J connectivity index is 0.772. The van der Waals surface area contributed by atoms with E-state index in [1.165, 1.54) is 27.9 Å². The molecule has 4 aromatic rings. The fourth-order valence-electron chi connectivity index (χ4n) is 6.85. The maximum absolute atomic E-state index is 4.89. The number of hydrogen-bond acceptors (Lipinski definition) is 6. The summed E-state index contributed by atoms with van der Waals surface area (Å²) >= 11 is 0. The van der Waals surface area contributed by atoms with E-state index in [1.807, 2.05) is 31.3 Å². The zero-order valence-corrected chi connectivity index (χ0v) is 32.9. The van der Waals surface area contributed by atoms with Crippen molar-refractivity contribution in [3.63, 3.8) is 0 Å². The van der Waals surface area contributed by atoms with E-state index < -0.39 is 0 Å². The highest BCUT2D eigenvalue weighted by Crippen LogP contribution is 2.26. The molecule has 0 saturated heterocycles. The summed E-state index contributed by atoms with van der Waals surface area (Å²) in [7, 11) is 1.92. The minimum absolute atomic E-state index is 0.124. The summed E-state index contributed by atoms with van der Waals surface area (Å²) in [5, 5.41) is 13.8. The fourth-order valence-corrected chi connectivity index (χ4v) is 6.85. The first kappa shape index (κ1) is 37.7. The highest BCUT2D eigenvalue weighted by atomic mass is 14.9. The number of allylic oxidation sites excluding steroid dienone is 16.